The third-order valence-corrected chi connectivity index (χ3v) is 1.89. The molecule has 44 valence electrons. The summed E-state index contributed by atoms with van der Waals surface area (Å²) < 4.78 is 2.10. The molecular weight excluding hydrogens is 120 g/mol. The Labute approximate surface area is 53.0 Å². The first-order chi connectivity index (χ1) is 3.80. The Kier molecular flexibility index (Phi) is 1.58. The van der Waals surface area contributed by atoms with Crippen LogP contribution in [-0.2, 0) is 0 Å². The van der Waals surface area contributed by atoms with Crippen molar-refractivity contribution >= 4 is 11.5 Å². The van der Waals surface area contributed by atoms with Crippen LogP contribution in [0.4, 0.5) is 0 Å². The summed E-state index contributed by atoms with van der Waals surface area (Å²) in [7, 11) is 0. The largest absolute Gasteiger partial charge is 0.298 e. The van der Waals surface area contributed by atoms with E-state index in [1.54, 1.807) is 11.5 Å². The molecule has 0 radical (unpaired) electrons. The van der Waals surface area contributed by atoms with E-state index in [-0.39, 0.29) is 0 Å². The van der Waals surface area contributed by atoms with E-state index < -0.39 is 0 Å². The summed E-state index contributed by atoms with van der Waals surface area (Å²) in [6.07, 6.45) is 1.84. The molecule has 3 heteroatoms. The fourth-order valence-corrected chi connectivity index (χ4v) is 1.03. The molecule has 0 spiro atoms. The average molecular weight is 129 g/mol. The van der Waals surface area contributed by atoms with Crippen LogP contribution >= 0.6 is 11.5 Å². The summed E-state index contributed by atoms with van der Waals surface area (Å²) in [6, 6.07) is 0.558. The maximum absolute atomic E-state index is 3.92. The zero-order chi connectivity index (χ0) is 5.98. The normalized spacial score (nSPS) is 10.4. The Morgan fingerprint density at radius 3 is 2.62 bits per heavy atom. The monoisotopic (exact) mass is 129 g/mol. The topological polar surface area (TPSA) is 16.8 Å². The lowest BCUT2D eigenvalue weighted by Gasteiger charge is -1.92. The van der Waals surface area contributed by atoms with Crippen LogP contribution in [0.15, 0.2) is 11.8 Å². The Hall–Kier alpha value is -0.440. The van der Waals surface area contributed by atoms with E-state index in [2.05, 4.69) is 22.8 Å². The predicted molar refractivity (Wildman–Crippen MR) is 32.7 cm³/mol. The molecule has 0 saturated heterocycles. The van der Waals surface area contributed by atoms with Crippen LogP contribution in [0.1, 0.15) is 19.9 Å². The Bertz CT molecular complexity index is 145. The van der Waals surface area contributed by atoms with Gasteiger partial charge in [-0.25, -0.2) is 0 Å². The first-order valence-corrected chi connectivity index (χ1v) is 3.44. The van der Waals surface area contributed by atoms with Crippen LogP contribution in [-0.4, -0.2) is 4.98 Å². The Balaban J connectivity index is 2.77. The van der Waals surface area contributed by atoms with Crippen molar-refractivity contribution in [3.8, 4) is 0 Å². The van der Waals surface area contributed by atoms with Gasteiger partial charge in [-0.3, -0.25) is 0 Å². The van der Waals surface area contributed by atoms with E-state index in [0.29, 0.717) is 6.04 Å². The smallest absolute Gasteiger partial charge is 0.173 e. The minimum absolute atomic E-state index is 0.558. The molecule has 0 aliphatic rings. The van der Waals surface area contributed by atoms with Crippen molar-refractivity contribution in [1.82, 2.24) is 4.98 Å². The first kappa shape index (κ1) is 5.69. The van der Waals surface area contributed by atoms with Crippen molar-refractivity contribution in [2.45, 2.75) is 19.9 Å². The summed E-state index contributed by atoms with van der Waals surface area (Å²) in [5.41, 5.74) is 1.83. The minimum atomic E-state index is 0.558. The molecule has 0 aliphatic heterocycles. The molecule has 0 fully saturated rings. The highest BCUT2D eigenvalue weighted by atomic mass is 32.1. The molecule has 0 amide bonds. The molecule has 1 aromatic heterocycles. The van der Waals surface area contributed by atoms with Gasteiger partial charge >= 0.3 is 0 Å². The highest BCUT2D eigenvalue weighted by Gasteiger charge is 2.02. The van der Waals surface area contributed by atoms with E-state index in [1.807, 2.05) is 11.8 Å². The van der Waals surface area contributed by atoms with Gasteiger partial charge in [-0.2, -0.15) is 3.96 Å². The predicted octanol–water partition coefficient (Wildman–Crippen LogP) is 1.01. The number of nitrogens with zero attached hydrogens (tertiary/aromatic N) is 2. The van der Waals surface area contributed by atoms with Gasteiger partial charge in [-0.15, -0.1) is 0 Å². The first-order valence-electron chi connectivity index (χ1n) is 2.61. The van der Waals surface area contributed by atoms with Gasteiger partial charge in [0.25, 0.3) is 6.33 Å². The maximum Gasteiger partial charge on any atom is 0.298 e. The van der Waals surface area contributed by atoms with Gasteiger partial charge in [0.05, 0.1) is 11.5 Å². The summed E-state index contributed by atoms with van der Waals surface area (Å²) in [6.45, 7) is 4.27. The standard InChI is InChI=1S/C5H9N2S/c1-5(2)7-3-6-4-8-7/h3-5H,1-2H3/q+1. The number of aromatic nitrogens is 2. The van der Waals surface area contributed by atoms with Gasteiger partial charge in [0.15, 0.2) is 0 Å². The zero-order valence-electron chi connectivity index (χ0n) is 5.03. The van der Waals surface area contributed by atoms with Crippen LogP contribution in [0.5, 0.6) is 0 Å². The third-order valence-electron chi connectivity index (χ3n) is 0.919. The van der Waals surface area contributed by atoms with E-state index >= 15 is 0 Å². The SMILES string of the molecule is CC(C)[n+]1cncs1. The highest BCUT2D eigenvalue weighted by Crippen LogP contribution is 1.92. The summed E-state index contributed by atoms with van der Waals surface area (Å²) in [5, 5.41) is 0. The van der Waals surface area contributed by atoms with Gasteiger partial charge in [0, 0.05) is 0 Å². The third kappa shape index (κ3) is 1.04. The fourth-order valence-electron chi connectivity index (χ4n) is 0.457. The molecule has 1 rings (SSSR count). The van der Waals surface area contributed by atoms with Crippen LogP contribution < -0.4 is 3.96 Å². The molecule has 0 unspecified atom stereocenters. The lowest BCUT2D eigenvalue weighted by Crippen LogP contribution is -2.29. The molecule has 0 atom stereocenters. The average Bonchev–Trinajstić information content (AvgIpc) is 2.12. The second kappa shape index (κ2) is 2.22. The second-order valence-corrected chi connectivity index (χ2v) is 2.77. The summed E-state index contributed by atoms with van der Waals surface area (Å²) in [5.74, 6) is 0. The second-order valence-electron chi connectivity index (χ2n) is 1.93. The molecule has 0 bridgehead atoms. The molecular formula is C5H9N2S+. The lowest BCUT2D eigenvalue weighted by atomic mass is 10.4. The van der Waals surface area contributed by atoms with Crippen molar-refractivity contribution in [3.63, 3.8) is 0 Å². The van der Waals surface area contributed by atoms with E-state index in [1.165, 1.54) is 0 Å². The molecule has 0 N–H and O–H groups in total. The zero-order valence-corrected chi connectivity index (χ0v) is 5.85. The van der Waals surface area contributed by atoms with Gasteiger partial charge < -0.3 is 0 Å². The van der Waals surface area contributed by atoms with Crippen LogP contribution in [0.25, 0.3) is 0 Å². The Morgan fingerprint density at radius 1 is 1.62 bits per heavy atom. The van der Waals surface area contributed by atoms with Crippen LogP contribution in [0.2, 0.25) is 0 Å². The van der Waals surface area contributed by atoms with Gasteiger partial charge in [0.1, 0.15) is 6.04 Å². The molecule has 1 aromatic rings. The summed E-state index contributed by atoms with van der Waals surface area (Å²) >= 11 is 1.64. The minimum Gasteiger partial charge on any atom is -0.173 e. The maximum atomic E-state index is 3.92. The molecule has 1 heterocycles. The van der Waals surface area contributed by atoms with Crippen molar-refractivity contribution in [2.24, 2.45) is 0 Å². The molecule has 2 nitrogen and oxygen atoms in total. The molecule has 0 aliphatic carbocycles. The highest BCUT2D eigenvalue weighted by molar-refractivity contribution is 6.99. The number of hydrogen-bond acceptors (Lipinski definition) is 2. The number of rotatable bonds is 1. The van der Waals surface area contributed by atoms with Gasteiger partial charge in [-0.1, -0.05) is 0 Å². The van der Waals surface area contributed by atoms with E-state index in [4.69, 9.17) is 0 Å². The van der Waals surface area contributed by atoms with E-state index in [9.17, 15) is 0 Å². The van der Waals surface area contributed by atoms with Crippen LogP contribution in [0.3, 0.4) is 0 Å². The Morgan fingerprint density at radius 2 is 2.38 bits per heavy atom. The van der Waals surface area contributed by atoms with Crippen molar-refractivity contribution < 1.29 is 3.96 Å². The molecule has 0 aromatic carbocycles. The summed E-state index contributed by atoms with van der Waals surface area (Å²) in [4.78, 5) is 3.92. The van der Waals surface area contributed by atoms with Crippen LogP contribution in [0, 0.1) is 0 Å². The van der Waals surface area contributed by atoms with Crippen molar-refractivity contribution in [1.29, 1.82) is 0 Å². The fraction of sp³-hybridized carbons (Fsp3) is 0.600. The van der Waals surface area contributed by atoms with E-state index in [0.717, 1.165) is 0 Å². The number of hydrogen-bond donors (Lipinski definition) is 0. The van der Waals surface area contributed by atoms with Crippen molar-refractivity contribution in [2.75, 3.05) is 0 Å². The van der Waals surface area contributed by atoms with Gasteiger partial charge in [-0.05, 0) is 18.8 Å². The molecule has 0 saturated carbocycles. The lowest BCUT2D eigenvalue weighted by molar-refractivity contribution is -0.652. The molecule has 8 heavy (non-hydrogen) atoms. The van der Waals surface area contributed by atoms with Gasteiger partial charge in [0.2, 0.25) is 5.51 Å². The van der Waals surface area contributed by atoms with Crippen molar-refractivity contribution in [3.05, 3.63) is 11.8 Å². The quantitative estimate of drug-likeness (QED) is 0.517.